The van der Waals surface area contributed by atoms with Gasteiger partial charge in [0, 0.05) is 20.4 Å². The van der Waals surface area contributed by atoms with E-state index in [-0.39, 0.29) is 94.9 Å². The van der Waals surface area contributed by atoms with Crippen molar-refractivity contribution < 1.29 is 94.9 Å². The Labute approximate surface area is 333 Å². The molecule has 0 fully saturated rings. The molecule has 0 bridgehead atoms. The van der Waals surface area contributed by atoms with Gasteiger partial charge in [-0.1, -0.05) is 109 Å². The molecule has 0 aliphatic heterocycles. The minimum absolute atomic E-state index is 0. The van der Waals surface area contributed by atoms with Crippen molar-refractivity contribution in [3.63, 3.8) is 0 Å². The molecule has 0 saturated heterocycles. The fourth-order valence-corrected chi connectivity index (χ4v) is 11.7. The molecule has 47 heavy (non-hydrogen) atoms. The molecule has 6 aromatic carbocycles. The van der Waals surface area contributed by atoms with Crippen molar-refractivity contribution in [1.82, 2.24) is 0 Å². The minimum atomic E-state index is -1.53. The third kappa shape index (κ3) is 11.9. The summed E-state index contributed by atoms with van der Waals surface area (Å²) in [6.07, 6.45) is 0. The summed E-state index contributed by atoms with van der Waals surface area (Å²) in [6.45, 7) is 4.82. The molecule has 0 aliphatic carbocycles. The Hall–Kier alpha value is -1.42. The smallest absolute Gasteiger partial charge is 0.109 e. The number of rotatable bonds is 6. The van der Waals surface area contributed by atoms with Gasteiger partial charge in [0.05, 0.1) is 13.3 Å². The summed E-state index contributed by atoms with van der Waals surface area (Å²) in [6, 6.07) is 65.3. The van der Waals surface area contributed by atoms with Gasteiger partial charge in [0.2, 0.25) is 0 Å². The van der Waals surface area contributed by atoms with Crippen LogP contribution in [0.3, 0.4) is 0 Å². The van der Waals surface area contributed by atoms with E-state index in [1.807, 2.05) is 0 Å². The molecule has 0 unspecified atom stereocenters. The van der Waals surface area contributed by atoms with Crippen molar-refractivity contribution in [1.29, 1.82) is 0 Å². The summed E-state index contributed by atoms with van der Waals surface area (Å²) < 4.78 is 0. The molecule has 0 nitrogen and oxygen atoms in total. The first-order valence-electron chi connectivity index (χ1n) is 13.7. The molecule has 0 aliphatic rings. The van der Waals surface area contributed by atoms with Gasteiger partial charge in [-0.25, -0.2) is 0 Å². The van der Waals surface area contributed by atoms with Crippen LogP contribution in [-0.2, 0) is 20.4 Å². The normalized spacial score (nSPS) is 9.57. The standard InChI is InChI=1S/2C19H18P.6ClH.Re/c2*1-20(17-11-5-2-6-12-17,18-13-7-3-8-14-18)19-15-9-4-10-16-19;;;;;;;/h2*2-16H,1H3;6*1H;/q2*+1;;;;;;;/p-6. The Morgan fingerprint density at radius 3 is 0.447 bits per heavy atom. The van der Waals surface area contributed by atoms with Gasteiger partial charge < -0.3 is 74.4 Å². The van der Waals surface area contributed by atoms with Crippen molar-refractivity contribution in [2.24, 2.45) is 0 Å². The average Bonchev–Trinajstić information content (AvgIpc) is 3.07. The fraction of sp³-hybridized carbons (Fsp3) is 0.0526. The van der Waals surface area contributed by atoms with Crippen LogP contribution in [0.5, 0.6) is 0 Å². The van der Waals surface area contributed by atoms with Gasteiger partial charge in [0.15, 0.2) is 0 Å². The van der Waals surface area contributed by atoms with Gasteiger partial charge in [-0.15, -0.1) is 0 Å². The van der Waals surface area contributed by atoms with E-state index >= 15 is 0 Å². The Kier molecular flexibility index (Phi) is 26.2. The maximum Gasteiger partial charge on any atom is 0.109 e. The maximum absolute atomic E-state index is 2.41. The van der Waals surface area contributed by atoms with Gasteiger partial charge in [-0.3, -0.25) is 0 Å². The van der Waals surface area contributed by atoms with Gasteiger partial charge in [-0.05, 0) is 72.8 Å². The van der Waals surface area contributed by atoms with Crippen LogP contribution >= 0.6 is 14.5 Å². The summed E-state index contributed by atoms with van der Waals surface area (Å²) in [7, 11) is -3.05. The number of hydrogen-bond acceptors (Lipinski definition) is 0. The Balaban J connectivity index is -0.000000717. The second-order valence-electron chi connectivity index (χ2n) is 10.0. The second-order valence-corrected chi connectivity index (χ2v) is 17.1. The maximum atomic E-state index is 2.41. The van der Waals surface area contributed by atoms with Crippen molar-refractivity contribution in [3.8, 4) is 0 Å². The van der Waals surface area contributed by atoms with Crippen LogP contribution in [0.25, 0.3) is 0 Å². The van der Waals surface area contributed by atoms with Gasteiger partial charge in [-0.2, -0.15) is 0 Å². The molecule has 0 N–H and O–H groups in total. The molecule has 0 atom stereocenters. The number of halogens is 6. The molecule has 0 heterocycles. The molecule has 0 saturated carbocycles. The zero-order valence-electron chi connectivity index (χ0n) is 25.9. The van der Waals surface area contributed by atoms with Crippen LogP contribution in [0, 0.1) is 0 Å². The Bertz CT molecular complexity index is 1280. The number of hydrogen-bond donors (Lipinski definition) is 0. The van der Waals surface area contributed by atoms with Crippen molar-refractivity contribution >= 4 is 46.4 Å². The van der Waals surface area contributed by atoms with Gasteiger partial charge >= 0.3 is 0 Å². The quantitative estimate of drug-likeness (QED) is 0.146. The molecule has 0 amide bonds. The summed E-state index contributed by atoms with van der Waals surface area (Å²) in [4.78, 5) is 0. The van der Waals surface area contributed by atoms with E-state index in [0.717, 1.165) is 0 Å². The van der Waals surface area contributed by atoms with Gasteiger partial charge in [0.1, 0.15) is 46.4 Å². The monoisotopic (exact) mass is 951 g/mol. The van der Waals surface area contributed by atoms with Crippen LogP contribution in [0.1, 0.15) is 0 Å². The summed E-state index contributed by atoms with van der Waals surface area (Å²) in [5.41, 5.74) is 0. The van der Waals surface area contributed by atoms with Crippen LogP contribution in [0.15, 0.2) is 182 Å². The third-order valence-electron chi connectivity index (χ3n) is 7.64. The first kappa shape index (κ1) is 50.0. The Morgan fingerprint density at radius 1 is 0.234 bits per heavy atom. The van der Waals surface area contributed by atoms with Crippen molar-refractivity contribution in [3.05, 3.63) is 182 Å². The molecule has 0 spiro atoms. The van der Waals surface area contributed by atoms with E-state index in [1.54, 1.807) is 0 Å². The number of benzene rings is 6. The van der Waals surface area contributed by atoms with Crippen LogP contribution in [0.4, 0.5) is 0 Å². The first-order valence-corrected chi connectivity index (χ1v) is 18.2. The predicted molar refractivity (Wildman–Crippen MR) is 182 cm³/mol. The van der Waals surface area contributed by atoms with E-state index in [2.05, 4.69) is 195 Å². The average molecular weight is 954 g/mol. The summed E-state index contributed by atoms with van der Waals surface area (Å²) >= 11 is 0. The molecule has 6 aromatic rings. The van der Waals surface area contributed by atoms with Gasteiger partial charge in [0.25, 0.3) is 0 Å². The van der Waals surface area contributed by atoms with E-state index in [1.165, 1.54) is 31.8 Å². The molecule has 0 aromatic heterocycles. The van der Waals surface area contributed by atoms with E-state index in [4.69, 9.17) is 0 Å². The van der Waals surface area contributed by atoms with Crippen molar-refractivity contribution in [2.45, 2.75) is 0 Å². The first-order chi connectivity index (χ1) is 19.6. The summed E-state index contributed by atoms with van der Waals surface area (Å²) in [5.74, 6) is 0. The topological polar surface area (TPSA) is 0 Å². The zero-order chi connectivity index (χ0) is 27.7. The molecular formula is C38H36Cl6P2Re-4. The Morgan fingerprint density at radius 2 is 0.340 bits per heavy atom. The minimum Gasteiger partial charge on any atom is -1.00 e. The predicted octanol–water partition coefficient (Wildman–Crippen LogP) is -10.8. The van der Waals surface area contributed by atoms with E-state index < -0.39 is 14.5 Å². The zero-order valence-corrected chi connectivity index (χ0v) is 34.9. The largest absolute Gasteiger partial charge is 1.00 e. The van der Waals surface area contributed by atoms with Crippen LogP contribution in [0.2, 0.25) is 0 Å². The van der Waals surface area contributed by atoms with E-state index in [0.29, 0.717) is 0 Å². The fourth-order valence-electron chi connectivity index (χ4n) is 5.25. The van der Waals surface area contributed by atoms with E-state index in [9.17, 15) is 0 Å². The molecule has 251 valence electrons. The van der Waals surface area contributed by atoms with Crippen LogP contribution in [-0.4, -0.2) is 13.3 Å². The second kappa shape index (κ2) is 24.7. The molecule has 6 rings (SSSR count). The molecular weight excluding hydrogens is 917 g/mol. The summed E-state index contributed by atoms with van der Waals surface area (Å²) in [5, 5.41) is 8.57. The molecule has 1 radical (unpaired) electrons. The SMILES string of the molecule is C[P+](c1ccccc1)(c1ccccc1)c1ccccc1.C[P+](c1ccccc1)(c1ccccc1)c1ccccc1.[Cl-].[Cl-].[Cl-].[Cl-].[Cl-].[Cl-].[Re]. The third-order valence-corrected chi connectivity index (χ3v) is 15.6. The van der Waals surface area contributed by atoms with Crippen LogP contribution < -0.4 is 106 Å². The molecule has 9 heteroatoms. The van der Waals surface area contributed by atoms with Crippen molar-refractivity contribution in [2.75, 3.05) is 13.3 Å².